The third-order valence-electron chi connectivity index (χ3n) is 3.29. The van der Waals surface area contributed by atoms with E-state index in [1.807, 2.05) is 0 Å². The second-order valence-corrected chi connectivity index (χ2v) is 5.36. The Morgan fingerprint density at radius 3 is 2.68 bits per heavy atom. The predicted octanol–water partition coefficient (Wildman–Crippen LogP) is -0.386. The number of carbonyl (C=O) groups is 1. The fourth-order valence-corrected chi connectivity index (χ4v) is 2.09. The third kappa shape index (κ3) is 5.71. The van der Waals surface area contributed by atoms with Crippen molar-refractivity contribution in [3.63, 3.8) is 0 Å². The maximum atomic E-state index is 11.4. The van der Waals surface area contributed by atoms with Crippen LogP contribution in [0.2, 0.25) is 0 Å². The number of nitrogens with zero attached hydrogens (tertiary/aromatic N) is 1. The number of hydrazine groups is 1. The van der Waals surface area contributed by atoms with Crippen LogP contribution in [0.15, 0.2) is 0 Å². The highest BCUT2D eigenvalue weighted by molar-refractivity contribution is 7.80. The number of nitrogens with one attached hydrogen (secondary N) is 3. The van der Waals surface area contributed by atoms with Gasteiger partial charge in [-0.05, 0) is 38.0 Å². The van der Waals surface area contributed by atoms with Crippen LogP contribution in [0, 0.1) is 5.92 Å². The molecule has 0 aromatic carbocycles. The molecule has 3 N–H and O–H groups in total. The lowest BCUT2D eigenvalue weighted by atomic mass is 10.3. The van der Waals surface area contributed by atoms with E-state index in [1.54, 1.807) is 0 Å². The SMILES string of the molecule is O=C(NNC(=S)NCCCN1CCOCC1)C1CC1. The Morgan fingerprint density at radius 2 is 2.00 bits per heavy atom. The van der Waals surface area contributed by atoms with Crippen molar-refractivity contribution in [3.8, 4) is 0 Å². The summed E-state index contributed by atoms with van der Waals surface area (Å²) in [5, 5.41) is 3.57. The van der Waals surface area contributed by atoms with E-state index in [2.05, 4.69) is 21.1 Å². The highest BCUT2D eigenvalue weighted by Gasteiger charge is 2.29. The highest BCUT2D eigenvalue weighted by atomic mass is 32.1. The van der Waals surface area contributed by atoms with Gasteiger partial charge in [-0.15, -0.1) is 0 Å². The predicted molar refractivity (Wildman–Crippen MR) is 76.5 cm³/mol. The molecule has 1 amide bonds. The van der Waals surface area contributed by atoms with Crippen LogP contribution in [0.3, 0.4) is 0 Å². The molecule has 6 nitrogen and oxygen atoms in total. The molecule has 1 saturated heterocycles. The first-order chi connectivity index (χ1) is 9.25. The molecule has 0 aromatic heterocycles. The van der Waals surface area contributed by atoms with Crippen molar-refractivity contribution in [2.24, 2.45) is 5.92 Å². The molecule has 1 aliphatic carbocycles. The lowest BCUT2D eigenvalue weighted by Gasteiger charge is -2.26. The molecule has 7 heteroatoms. The van der Waals surface area contributed by atoms with Crippen molar-refractivity contribution >= 4 is 23.2 Å². The first kappa shape index (κ1) is 14.5. The molecular formula is C12H22N4O2S. The summed E-state index contributed by atoms with van der Waals surface area (Å²) < 4.78 is 5.29. The smallest absolute Gasteiger partial charge is 0.241 e. The van der Waals surface area contributed by atoms with Gasteiger partial charge in [-0.25, -0.2) is 0 Å². The number of ether oxygens (including phenoxy) is 1. The molecular weight excluding hydrogens is 264 g/mol. The quantitative estimate of drug-likeness (QED) is 0.364. The van der Waals surface area contributed by atoms with Gasteiger partial charge < -0.3 is 10.1 Å². The lowest BCUT2D eigenvalue weighted by Crippen LogP contribution is -2.47. The van der Waals surface area contributed by atoms with E-state index in [1.165, 1.54) is 0 Å². The van der Waals surface area contributed by atoms with Crippen molar-refractivity contribution in [2.75, 3.05) is 39.4 Å². The van der Waals surface area contributed by atoms with E-state index in [0.717, 1.165) is 58.7 Å². The zero-order chi connectivity index (χ0) is 13.5. The standard InChI is InChI=1S/C12H22N4O2S/c17-11(10-2-3-10)14-15-12(19)13-4-1-5-16-6-8-18-9-7-16/h10H,1-9H2,(H,14,17)(H2,13,15,19). The summed E-state index contributed by atoms with van der Waals surface area (Å²) in [6.07, 6.45) is 3.01. The number of thiocarbonyl (C=S) groups is 1. The zero-order valence-corrected chi connectivity index (χ0v) is 11.9. The largest absolute Gasteiger partial charge is 0.379 e. The molecule has 0 unspecified atom stereocenters. The summed E-state index contributed by atoms with van der Waals surface area (Å²) in [6.45, 7) is 5.55. The van der Waals surface area contributed by atoms with Gasteiger partial charge in [-0.2, -0.15) is 0 Å². The van der Waals surface area contributed by atoms with E-state index in [4.69, 9.17) is 17.0 Å². The molecule has 1 saturated carbocycles. The van der Waals surface area contributed by atoms with Gasteiger partial charge >= 0.3 is 0 Å². The summed E-state index contributed by atoms with van der Waals surface area (Å²) in [5.41, 5.74) is 5.34. The van der Waals surface area contributed by atoms with Crippen molar-refractivity contribution in [3.05, 3.63) is 0 Å². The summed E-state index contributed by atoms with van der Waals surface area (Å²) in [7, 11) is 0. The molecule has 19 heavy (non-hydrogen) atoms. The van der Waals surface area contributed by atoms with Gasteiger partial charge in [0.05, 0.1) is 13.2 Å². The minimum Gasteiger partial charge on any atom is -0.379 e. The Kier molecular flexibility index (Phi) is 5.81. The number of amides is 1. The molecule has 0 radical (unpaired) electrons. The van der Waals surface area contributed by atoms with Crippen LogP contribution >= 0.6 is 12.2 Å². The van der Waals surface area contributed by atoms with Crippen molar-refractivity contribution < 1.29 is 9.53 Å². The monoisotopic (exact) mass is 286 g/mol. The lowest BCUT2D eigenvalue weighted by molar-refractivity contribution is -0.122. The second-order valence-electron chi connectivity index (χ2n) is 4.95. The molecule has 1 aliphatic heterocycles. The van der Waals surface area contributed by atoms with Crippen LogP contribution in [-0.4, -0.2) is 55.3 Å². The average Bonchev–Trinajstić information content (AvgIpc) is 3.27. The number of hydrogen-bond acceptors (Lipinski definition) is 4. The van der Waals surface area contributed by atoms with E-state index in [-0.39, 0.29) is 11.8 Å². The van der Waals surface area contributed by atoms with E-state index in [9.17, 15) is 4.79 Å². The zero-order valence-electron chi connectivity index (χ0n) is 11.1. The molecule has 0 atom stereocenters. The molecule has 108 valence electrons. The summed E-state index contributed by atoms with van der Waals surface area (Å²) in [5.74, 6) is 0.231. The molecule has 0 aromatic rings. The van der Waals surface area contributed by atoms with Crippen molar-refractivity contribution in [1.29, 1.82) is 0 Å². The van der Waals surface area contributed by atoms with Gasteiger partial charge in [0, 0.05) is 25.6 Å². The fraction of sp³-hybridized carbons (Fsp3) is 0.833. The molecule has 0 spiro atoms. The average molecular weight is 286 g/mol. The van der Waals surface area contributed by atoms with Crippen LogP contribution in [0.25, 0.3) is 0 Å². The molecule has 2 fully saturated rings. The normalized spacial score (nSPS) is 19.8. The summed E-state index contributed by atoms with van der Waals surface area (Å²) in [6, 6.07) is 0. The van der Waals surface area contributed by atoms with E-state index < -0.39 is 0 Å². The van der Waals surface area contributed by atoms with Crippen molar-refractivity contribution in [1.82, 2.24) is 21.1 Å². The molecule has 2 rings (SSSR count). The molecule has 0 bridgehead atoms. The second kappa shape index (κ2) is 7.62. The van der Waals surface area contributed by atoms with Crippen LogP contribution in [-0.2, 0) is 9.53 Å². The first-order valence-corrected chi connectivity index (χ1v) is 7.30. The first-order valence-electron chi connectivity index (χ1n) is 6.89. The maximum absolute atomic E-state index is 11.4. The third-order valence-corrected chi connectivity index (χ3v) is 3.53. The molecule has 2 aliphatic rings. The number of rotatable bonds is 5. The van der Waals surface area contributed by atoms with Gasteiger partial charge in [0.25, 0.3) is 0 Å². The summed E-state index contributed by atoms with van der Waals surface area (Å²) >= 11 is 5.08. The van der Waals surface area contributed by atoms with Gasteiger partial charge in [-0.3, -0.25) is 20.5 Å². The van der Waals surface area contributed by atoms with Gasteiger partial charge in [0.1, 0.15) is 0 Å². The van der Waals surface area contributed by atoms with Gasteiger partial charge in [0.2, 0.25) is 5.91 Å². The Labute approximate surface area is 119 Å². The van der Waals surface area contributed by atoms with E-state index in [0.29, 0.717) is 5.11 Å². The van der Waals surface area contributed by atoms with Crippen LogP contribution in [0.1, 0.15) is 19.3 Å². The highest BCUT2D eigenvalue weighted by Crippen LogP contribution is 2.28. The van der Waals surface area contributed by atoms with E-state index >= 15 is 0 Å². The number of carbonyl (C=O) groups excluding carboxylic acids is 1. The van der Waals surface area contributed by atoms with Crippen molar-refractivity contribution in [2.45, 2.75) is 19.3 Å². The molecule has 1 heterocycles. The van der Waals surface area contributed by atoms with Crippen LogP contribution in [0.5, 0.6) is 0 Å². The Morgan fingerprint density at radius 1 is 1.26 bits per heavy atom. The minimum absolute atomic E-state index is 0.0393. The Hall–Kier alpha value is -0.920. The number of hydrogen-bond donors (Lipinski definition) is 3. The maximum Gasteiger partial charge on any atom is 0.241 e. The van der Waals surface area contributed by atoms with Gasteiger partial charge in [0.15, 0.2) is 5.11 Å². The van der Waals surface area contributed by atoms with Gasteiger partial charge in [-0.1, -0.05) is 0 Å². The topological polar surface area (TPSA) is 65.6 Å². The Bertz CT molecular complexity index is 317. The van der Waals surface area contributed by atoms with Crippen LogP contribution < -0.4 is 16.2 Å². The van der Waals surface area contributed by atoms with Crippen LogP contribution in [0.4, 0.5) is 0 Å². The fourth-order valence-electron chi connectivity index (χ4n) is 1.94. The summed E-state index contributed by atoms with van der Waals surface area (Å²) in [4.78, 5) is 13.8. The minimum atomic E-state index is 0.0393. The number of morpholine rings is 1. The Balaban J connectivity index is 1.45.